The van der Waals surface area contributed by atoms with Gasteiger partial charge in [-0.05, 0) is 13.8 Å². The van der Waals surface area contributed by atoms with Crippen LogP contribution in [0.15, 0.2) is 11.6 Å². The molecule has 3 nitrogen and oxygen atoms in total. The number of ether oxygens (including phenoxy) is 1. The standard InChI is InChI=1S/C12H18O3Si/c1-6-15-12(14)11(10(2)13)8-7-9-16(3,4)5/h8H,6H2,1-5H3. The number of Topliss-reactive ketones (excluding diaryl/α,β-unsaturated/α-hetero) is 1. The molecule has 0 aliphatic carbocycles. The second-order valence-electron chi connectivity index (χ2n) is 4.35. The number of esters is 1. The van der Waals surface area contributed by atoms with Crippen molar-refractivity contribution in [3.8, 4) is 11.5 Å². The third-order valence-corrected chi connectivity index (χ3v) is 2.43. The van der Waals surface area contributed by atoms with Gasteiger partial charge in [0.1, 0.15) is 13.6 Å². The molecule has 0 amide bonds. The molecule has 4 heteroatoms. The summed E-state index contributed by atoms with van der Waals surface area (Å²) in [6.07, 6.45) is 1.36. The first-order valence-corrected chi connectivity index (χ1v) is 8.69. The predicted octanol–water partition coefficient (Wildman–Crippen LogP) is 1.95. The molecule has 0 saturated heterocycles. The second-order valence-corrected chi connectivity index (χ2v) is 9.10. The fourth-order valence-corrected chi connectivity index (χ4v) is 1.34. The first-order valence-electron chi connectivity index (χ1n) is 5.19. The van der Waals surface area contributed by atoms with E-state index in [-0.39, 0.29) is 18.0 Å². The van der Waals surface area contributed by atoms with Gasteiger partial charge in [0.2, 0.25) is 0 Å². The number of allylic oxidation sites excluding steroid dienone is 1. The minimum absolute atomic E-state index is 0.0209. The van der Waals surface area contributed by atoms with Crippen molar-refractivity contribution < 1.29 is 14.3 Å². The summed E-state index contributed by atoms with van der Waals surface area (Å²) in [6, 6.07) is 0. The third-order valence-electron chi connectivity index (χ3n) is 1.54. The predicted molar refractivity (Wildman–Crippen MR) is 66.5 cm³/mol. The Morgan fingerprint density at radius 3 is 2.25 bits per heavy atom. The number of carbonyl (C=O) groups excluding carboxylic acids is 2. The van der Waals surface area contributed by atoms with Crippen LogP contribution in [0.5, 0.6) is 0 Å². The van der Waals surface area contributed by atoms with Gasteiger partial charge in [0.15, 0.2) is 5.78 Å². The average Bonchev–Trinajstić information content (AvgIpc) is 2.10. The molecule has 0 aromatic rings. The van der Waals surface area contributed by atoms with E-state index in [0.717, 1.165) is 0 Å². The van der Waals surface area contributed by atoms with Crippen molar-refractivity contribution in [1.82, 2.24) is 0 Å². The van der Waals surface area contributed by atoms with Crippen molar-refractivity contribution in [3.05, 3.63) is 11.6 Å². The highest BCUT2D eigenvalue weighted by molar-refractivity contribution is 6.83. The lowest BCUT2D eigenvalue weighted by Gasteiger charge is -2.03. The summed E-state index contributed by atoms with van der Waals surface area (Å²) in [6.45, 7) is 9.55. The molecule has 0 unspecified atom stereocenters. The molecule has 88 valence electrons. The lowest BCUT2D eigenvalue weighted by atomic mass is 10.2. The molecule has 0 saturated carbocycles. The minimum atomic E-state index is -1.48. The van der Waals surface area contributed by atoms with E-state index < -0.39 is 14.0 Å². The Morgan fingerprint density at radius 1 is 1.31 bits per heavy atom. The maximum Gasteiger partial charge on any atom is 0.342 e. The zero-order chi connectivity index (χ0) is 12.8. The van der Waals surface area contributed by atoms with E-state index in [2.05, 4.69) is 31.1 Å². The smallest absolute Gasteiger partial charge is 0.342 e. The van der Waals surface area contributed by atoms with Crippen LogP contribution in [0, 0.1) is 11.5 Å². The average molecular weight is 238 g/mol. The van der Waals surface area contributed by atoms with Crippen LogP contribution in [0.25, 0.3) is 0 Å². The summed E-state index contributed by atoms with van der Waals surface area (Å²) in [4.78, 5) is 22.6. The zero-order valence-corrected chi connectivity index (χ0v) is 11.5. The Balaban J connectivity index is 4.92. The monoisotopic (exact) mass is 238 g/mol. The normalized spacial score (nSPS) is 11.4. The minimum Gasteiger partial charge on any atom is -0.462 e. The quantitative estimate of drug-likeness (QED) is 0.188. The van der Waals surface area contributed by atoms with Crippen molar-refractivity contribution in [2.75, 3.05) is 6.61 Å². The van der Waals surface area contributed by atoms with Crippen LogP contribution in [-0.4, -0.2) is 26.4 Å². The van der Waals surface area contributed by atoms with Crippen molar-refractivity contribution >= 4 is 19.8 Å². The Bertz CT molecular complexity index is 364. The van der Waals surface area contributed by atoms with Crippen molar-refractivity contribution in [2.24, 2.45) is 0 Å². The molecule has 0 spiro atoms. The van der Waals surface area contributed by atoms with Gasteiger partial charge in [0.25, 0.3) is 0 Å². The maximum atomic E-state index is 11.4. The van der Waals surface area contributed by atoms with Crippen LogP contribution in [-0.2, 0) is 14.3 Å². The highest BCUT2D eigenvalue weighted by atomic mass is 28.3. The third kappa shape index (κ3) is 6.20. The Kier molecular flexibility index (Phi) is 5.76. The maximum absolute atomic E-state index is 11.4. The van der Waals surface area contributed by atoms with E-state index in [1.54, 1.807) is 6.92 Å². The van der Waals surface area contributed by atoms with E-state index in [0.29, 0.717) is 0 Å². The molecule has 0 aromatic heterocycles. The summed E-state index contributed by atoms with van der Waals surface area (Å²) < 4.78 is 4.76. The Labute approximate surface area is 97.9 Å². The molecule has 0 atom stereocenters. The van der Waals surface area contributed by atoms with E-state index in [4.69, 9.17) is 4.74 Å². The fourth-order valence-electron chi connectivity index (χ4n) is 0.838. The molecular formula is C12H18O3Si. The summed E-state index contributed by atoms with van der Waals surface area (Å²) in [7, 11) is -1.48. The van der Waals surface area contributed by atoms with Crippen LogP contribution < -0.4 is 0 Å². The molecule has 0 radical (unpaired) electrons. The van der Waals surface area contributed by atoms with E-state index in [9.17, 15) is 9.59 Å². The van der Waals surface area contributed by atoms with E-state index in [1.165, 1.54) is 13.0 Å². The summed E-state index contributed by atoms with van der Waals surface area (Å²) in [5.41, 5.74) is 3.08. The van der Waals surface area contributed by atoms with Gasteiger partial charge in [-0.15, -0.1) is 5.54 Å². The first kappa shape index (κ1) is 14.7. The molecule has 0 bridgehead atoms. The van der Waals surface area contributed by atoms with Gasteiger partial charge in [0, 0.05) is 6.08 Å². The Hall–Kier alpha value is -1.34. The number of hydrogen-bond acceptors (Lipinski definition) is 3. The molecule has 16 heavy (non-hydrogen) atoms. The van der Waals surface area contributed by atoms with Gasteiger partial charge in [-0.2, -0.15) is 0 Å². The fraction of sp³-hybridized carbons (Fsp3) is 0.500. The molecule has 0 aliphatic rings. The molecule has 0 fully saturated rings. The summed E-state index contributed by atoms with van der Waals surface area (Å²) in [5.74, 6) is 1.86. The Morgan fingerprint density at radius 2 is 1.88 bits per heavy atom. The zero-order valence-electron chi connectivity index (χ0n) is 10.5. The summed E-state index contributed by atoms with van der Waals surface area (Å²) in [5, 5.41) is 0. The number of hydrogen-bond donors (Lipinski definition) is 0. The van der Waals surface area contributed by atoms with Gasteiger partial charge in [-0.1, -0.05) is 25.6 Å². The lowest BCUT2D eigenvalue weighted by Crippen LogP contribution is -2.16. The number of carbonyl (C=O) groups is 2. The molecule has 0 heterocycles. The van der Waals surface area contributed by atoms with Crippen LogP contribution in [0.3, 0.4) is 0 Å². The van der Waals surface area contributed by atoms with Crippen LogP contribution in [0.1, 0.15) is 13.8 Å². The molecule has 0 aliphatic heterocycles. The van der Waals surface area contributed by atoms with Gasteiger partial charge < -0.3 is 4.74 Å². The van der Waals surface area contributed by atoms with Crippen molar-refractivity contribution in [1.29, 1.82) is 0 Å². The molecular weight excluding hydrogens is 220 g/mol. The second kappa shape index (κ2) is 6.29. The largest absolute Gasteiger partial charge is 0.462 e. The van der Waals surface area contributed by atoms with Crippen LogP contribution in [0.4, 0.5) is 0 Å². The highest BCUT2D eigenvalue weighted by Gasteiger charge is 2.14. The SMILES string of the molecule is CCOC(=O)C(=CC#C[Si](C)(C)C)C(C)=O. The first-order chi connectivity index (χ1) is 7.28. The topological polar surface area (TPSA) is 43.4 Å². The van der Waals surface area contributed by atoms with E-state index in [1.807, 2.05) is 0 Å². The van der Waals surface area contributed by atoms with Gasteiger partial charge in [-0.25, -0.2) is 4.79 Å². The van der Waals surface area contributed by atoms with Gasteiger partial charge >= 0.3 is 5.97 Å². The summed E-state index contributed by atoms with van der Waals surface area (Å²) >= 11 is 0. The lowest BCUT2D eigenvalue weighted by molar-refractivity contribution is -0.139. The van der Waals surface area contributed by atoms with Gasteiger partial charge in [-0.3, -0.25) is 4.79 Å². The number of ketones is 1. The van der Waals surface area contributed by atoms with Crippen LogP contribution in [0.2, 0.25) is 19.6 Å². The number of rotatable bonds is 3. The molecule has 0 rings (SSSR count). The molecule has 0 aromatic carbocycles. The van der Waals surface area contributed by atoms with Crippen LogP contribution >= 0.6 is 0 Å². The van der Waals surface area contributed by atoms with Gasteiger partial charge in [0.05, 0.1) is 6.61 Å². The van der Waals surface area contributed by atoms with E-state index >= 15 is 0 Å². The molecule has 0 N–H and O–H groups in total. The highest BCUT2D eigenvalue weighted by Crippen LogP contribution is 2.01. The van der Waals surface area contributed by atoms with Crippen molar-refractivity contribution in [2.45, 2.75) is 33.5 Å². The van der Waals surface area contributed by atoms with Crippen molar-refractivity contribution in [3.63, 3.8) is 0 Å².